The molecule has 7 heteroatoms. The first-order valence-corrected chi connectivity index (χ1v) is 12.1. The molecule has 2 N–H and O–H groups in total. The number of amides is 2. The molecule has 0 bridgehead atoms. The lowest BCUT2D eigenvalue weighted by Gasteiger charge is -2.25. The topological polar surface area (TPSA) is 95.9 Å². The number of carboxylic acids is 1. The van der Waals surface area contributed by atoms with E-state index in [1.807, 2.05) is 31.2 Å². The van der Waals surface area contributed by atoms with E-state index in [1.165, 1.54) is 16.0 Å². The van der Waals surface area contributed by atoms with Gasteiger partial charge >= 0.3 is 12.1 Å². The zero-order valence-corrected chi connectivity index (χ0v) is 19.5. The number of hydrogen-bond acceptors (Lipinski definition) is 4. The number of carbonyl (C=O) groups is 3. The summed E-state index contributed by atoms with van der Waals surface area (Å²) >= 11 is 0. The second-order valence-electron chi connectivity index (χ2n) is 9.18. The van der Waals surface area contributed by atoms with Crippen LogP contribution in [0, 0.1) is 5.92 Å². The Bertz CT molecular complexity index is 1010. The highest BCUT2D eigenvalue weighted by atomic mass is 16.5. The summed E-state index contributed by atoms with van der Waals surface area (Å²) in [6.45, 7) is 2.30. The summed E-state index contributed by atoms with van der Waals surface area (Å²) in [5.74, 6) is -1.20. The van der Waals surface area contributed by atoms with Gasteiger partial charge in [-0.3, -0.25) is 9.59 Å². The highest BCUT2D eigenvalue weighted by Crippen LogP contribution is 2.44. The number of carboxylic acid groups (broad SMARTS) is 1. The van der Waals surface area contributed by atoms with E-state index in [9.17, 15) is 14.4 Å². The van der Waals surface area contributed by atoms with Crippen LogP contribution >= 0.6 is 0 Å². The van der Waals surface area contributed by atoms with Crippen LogP contribution in [-0.4, -0.2) is 53.7 Å². The summed E-state index contributed by atoms with van der Waals surface area (Å²) < 4.78 is 5.67. The average Bonchev–Trinajstić information content (AvgIpc) is 3.39. The minimum absolute atomic E-state index is 0.00211. The monoisotopic (exact) mass is 464 g/mol. The molecule has 2 amide bonds. The molecule has 1 fully saturated rings. The van der Waals surface area contributed by atoms with E-state index in [4.69, 9.17) is 9.84 Å². The predicted molar refractivity (Wildman–Crippen MR) is 128 cm³/mol. The van der Waals surface area contributed by atoms with Crippen LogP contribution in [0.3, 0.4) is 0 Å². The Balaban J connectivity index is 1.34. The maximum Gasteiger partial charge on any atom is 0.407 e. The number of rotatable bonds is 9. The van der Waals surface area contributed by atoms with Crippen LogP contribution in [0.15, 0.2) is 48.5 Å². The lowest BCUT2D eigenvalue weighted by atomic mass is 9.98. The van der Waals surface area contributed by atoms with Gasteiger partial charge < -0.3 is 20.1 Å². The molecule has 0 heterocycles. The van der Waals surface area contributed by atoms with Crippen LogP contribution in [0.4, 0.5) is 4.79 Å². The van der Waals surface area contributed by atoms with Gasteiger partial charge in [-0.2, -0.15) is 0 Å². The van der Waals surface area contributed by atoms with Gasteiger partial charge in [0.1, 0.15) is 13.2 Å². The molecular weight excluding hydrogens is 432 g/mol. The molecule has 0 spiro atoms. The Morgan fingerprint density at radius 1 is 1.03 bits per heavy atom. The summed E-state index contributed by atoms with van der Waals surface area (Å²) in [4.78, 5) is 37.9. The van der Waals surface area contributed by atoms with E-state index in [-0.39, 0.29) is 43.4 Å². The molecule has 0 aromatic heterocycles. The Hall–Kier alpha value is -3.35. The highest BCUT2D eigenvalue weighted by molar-refractivity contribution is 5.82. The van der Waals surface area contributed by atoms with Crippen molar-refractivity contribution < 1.29 is 24.2 Å². The van der Waals surface area contributed by atoms with Crippen molar-refractivity contribution in [1.29, 1.82) is 0 Å². The van der Waals surface area contributed by atoms with Gasteiger partial charge in [0.15, 0.2) is 0 Å². The third-order valence-electron chi connectivity index (χ3n) is 6.92. The predicted octanol–water partition coefficient (Wildman–Crippen LogP) is 4.41. The van der Waals surface area contributed by atoms with Crippen LogP contribution in [0.25, 0.3) is 11.1 Å². The van der Waals surface area contributed by atoms with Gasteiger partial charge in [0.05, 0.1) is 0 Å². The van der Waals surface area contributed by atoms with E-state index in [1.54, 1.807) is 0 Å². The number of hydrogen-bond donors (Lipinski definition) is 2. The zero-order valence-electron chi connectivity index (χ0n) is 19.5. The number of fused-ring (bicyclic) bond motifs is 3. The minimum atomic E-state index is -1.01. The first kappa shape index (κ1) is 23.8. The van der Waals surface area contributed by atoms with Gasteiger partial charge in [-0.1, -0.05) is 61.9 Å². The smallest absolute Gasteiger partial charge is 0.407 e. The number of benzene rings is 2. The zero-order chi connectivity index (χ0) is 24.1. The van der Waals surface area contributed by atoms with Gasteiger partial charge in [0.25, 0.3) is 0 Å². The Morgan fingerprint density at radius 3 is 2.29 bits per heavy atom. The van der Waals surface area contributed by atoms with Crippen molar-refractivity contribution in [3.05, 3.63) is 59.7 Å². The van der Waals surface area contributed by atoms with E-state index in [2.05, 4.69) is 29.6 Å². The second-order valence-corrected chi connectivity index (χ2v) is 9.18. The SMILES string of the molecule is CCCN(CC(=O)O)C(=O)CC1CCCC1NC(=O)OCC1c2ccccc2-c2ccccc21. The van der Waals surface area contributed by atoms with Crippen molar-refractivity contribution in [3.8, 4) is 11.1 Å². The van der Waals surface area contributed by atoms with Crippen molar-refractivity contribution in [2.24, 2.45) is 5.92 Å². The molecule has 7 nitrogen and oxygen atoms in total. The van der Waals surface area contributed by atoms with Crippen molar-refractivity contribution in [1.82, 2.24) is 10.2 Å². The van der Waals surface area contributed by atoms with Gasteiger partial charge in [0, 0.05) is 24.9 Å². The first-order chi connectivity index (χ1) is 16.5. The maximum absolute atomic E-state index is 12.7. The maximum atomic E-state index is 12.7. The minimum Gasteiger partial charge on any atom is -0.480 e. The van der Waals surface area contributed by atoms with Gasteiger partial charge in [-0.25, -0.2) is 4.79 Å². The van der Waals surface area contributed by atoms with Crippen molar-refractivity contribution in [3.63, 3.8) is 0 Å². The fraction of sp³-hybridized carbons (Fsp3) is 0.444. The summed E-state index contributed by atoms with van der Waals surface area (Å²) in [5, 5.41) is 12.1. The molecule has 0 saturated heterocycles. The number of alkyl carbamates (subject to hydrolysis) is 1. The van der Waals surface area contributed by atoms with Gasteiger partial charge in [-0.05, 0) is 47.4 Å². The lowest BCUT2D eigenvalue weighted by molar-refractivity contribution is -0.144. The fourth-order valence-electron chi connectivity index (χ4n) is 5.34. The number of aliphatic carboxylic acids is 1. The summed E-state index contributed by atoms with van der Waals surface area (Å²) in [5.41, 5.74) is 4.68. The lowest BCUT2D eigenvalue weighted by Crippen LogP contribution is -2.42. The average molecular weight is 465 g/mol. The fourth-order valence-corrected chi connectivity index (χ4v) is 5.34. The molecule has 0 radical (unpaired) electrons. The Labute approximate surface area is 200 Å². The third-order valence-corrected chi connectivity index (χ3v) is 6.92. The molecular formula is C27H32N2O5. The number of carbonyl (C=O) groups excluding carboxylic acids is 2. The molecule has 2 aromatic rings. The van der Waals surface area contributed by atoms with Gasteiger partial charge in [0.2, 0.25) is 5.91 Å². The molecule has 0 aliphatic heterocycles. The van der Waals surface area contributed by atoms with E-state index >= 15 is 0 Å². The van der Waals surface area contributed by atoms with Crippen molar-refractivity contribution in [2.45, 2.75) is 51.0 Å². The van der Waals surface area contributed by atoms with Crippen molar-refractivity contribution in [2.75, 3.05) is 19.7 Å². The molecule has 2 unspecified atom stereocenters. The van der Waals surface area contributed by atoms with Crippen LogP contribution in [0.5, 0.6) is 0 Å². The third kappa shape index (κ3) is 5.24. The quantitative estimate of drug-likeness (QED) is 0.573. The first-order valence-electron chi connectivity index (χ1n) is 12.1. The van der Waals surface area contributed by atoms with Crippen molar-refractivity contribution >= 4 is 18.0 Å². The summed E-state index contributed by atoms with van der Waals surface area (Å²) in [7, 11) is 0. The Morgan fingerprint density at radius 2 is 1.68 bits per heavy atom. The van der Waals surface area contributed by atoms with Crippen LogP contribution in [0.1, 0.15) is 56.1 Å². The van der Waals surface area contributed by atoms with E-state index < -0.39 is 12.1 Å². The standard InChI is InChI=1S/C27H32N2O5/c1-2-14-29(16-26(31)32)25(30)15-18-8-7-13-24(18)28-27(33)34-17-23-21-11-5-3-9-19(21)20-10-4-6-12-22(20)23/h3-6,9-12,18,23-24H,2,7-8,13-17H2,1H3,(H,28,33)(H,31,32). The summed E-state index contributed by atoms with van der Waals surface area (Å²) in [6, 6.07) is 16.3. The highest BCUT2D eigenvalue weighted by Gasteiger charge is 2.33. The number of nitrogens with zero attached hydrogens (tertiary/aromatic N) is 1. The molecule has 1 saturated carbocycles. The molecule has 2 aliphatic rings. The van der Waals surface area contributed by atoms with Crippen LogP contribution in [0.2, 0.25) is 0 Å². The molecule has 4 rings (SSSR count). The summed E-state index contributed by atoms with van der Waals surface area (Å²) in [6.07, 6.45) is 3.00. The molecule has 34 heavy (non-hydrogen) atoms. The van der Waals surface area contributed by atoms with E-state index in [0.717, 1.165) is 30.4 Å². The molecule has 2 aromatic carbocycles. The van der Waals surface area contributed by atoms with Crippen LogP contribution < -0.4 is 5.32 Å². The number of ether oxygens (including phenoxy) is 1. The molecule has 2 atom stereocenters. The van der Waals surface area contributed by atoms with E-state index in [0.29, 0.717) is 13.0 Å². The van der Waals surface area contributed by atoms with Gasteiger partial charge in [-0.15, -0.1) is 0 Å². The van der Waals surface area contributed by atoms with Crippen LogP contribution in [-0.2, 0) is 14.3 Å². The second kappa shape index (κ2) is 10.7. The Kier molecular flexibility index (Phi) is 7.50. The molecule has 2 aliphatic carbocycles. The largest absolute Gasteiger partial charge is 0.480 e. The number of nitrogens with one attached hydrogen (secondary N) is 1. The normalized spacial score (nSPS) is 18.7. The molecule has 180 valence electrons.